The third-order valence-corrected chi connectivity index (χ3v) is 5.92. The van der Waals surface area contributed by atoms with Crippen molar-refractivity contribution in [3.05, 3.63) is 82.2 Å². The van der Waals surface area contributed by atoms with Gasteiger partial charge in [-0.25, -0.2) is 13.5 Å². The molecule has 0 saturated heterocycles. The van der Waals surface area contributed by atoms with Gasteiger partial charge in [-0.3, -0.25) is 4.79 Å². The molecule has 1 heterocycles. The Morgan fingerprint density at radius 2 is 1.91 bits per heavy atom. The fourth-order valence-corrected chi connectivity index (χ4v) is 4.28. The van der Waals surface area contributed by atoms with Crippen molar-refractivity contribution in [3.8, 4) is 5.69 Å². The molecule has 5 nitrogen and oxygen atoms in total. The molecule has 2 N–H and O–H groups in total. The maximum absolute atomic E-state index is 14.3. The fraction of sp³-hybridized carbons (Fsp3) is 0.333. The van der Waals surface area contributed by atoms with E-state index in [1.54, 1.807) is 0 Å². The van der Waals surface area contributed by atoms with Crippen LogP contribution in [0.4, 0.5) is 22.0 Å². The van der Waals surface area contributed by atoms with E-state index in [1.165, 1.54) is 28.9 Å². The number of halogens is 5. The average molecular weight is 479 g/mol. The molecule has 0 fully saturated rings. The molecule has 1 amide bonds. The maximum atomic E-state index is 14.3. The number of nitrogens with zero attached hydrogens (tertiary/aromatic N) is 2. The van der Waals surface area contributed by atoms with Crippen molar-refractivity contribution in [2.45, 2.75) is 31.9 Å². The fourth-order valence-electron chi connectivity index (χ4n) is 4.28. The molecule has 0 spiro atoms. The summed E-state index contributed by atoms with van der Waals surface area (Å²) >= 11 is 0. The summed E-state index contributed by atoms with van der Waals surface area (Å²) in [6.07, 6.45) is -2.74. The van der Waals surface area contributed by atoms with Crippen molar-refractivity contribution < 1.29 is 31.9 Å². The SMILES string of the molecule is O=C(NCC(CO)Cc1ccccc1C(F)(F)F)c1nn(-c2ccc(F)cc2F)c2c1CCC2. The van der Waals surface area contributed by atoms with Crippen molar-refractivity contribution in [2.75, 3.05) is 13.2 Å². The van der Waals surface area contributed by atoms with Crippen molar-refractivity contribution in [3.63, 3.8) is 0 Å². The smallest absolute Gasteiger partial charge is 0.396 e. The lowest BCUT2D eigenvalue weighted by Crippen LogP contribution is -2.33. The molecule has 1 atom stereocenters. The summed E-state index contributed by atoms with van der Waals surface area (Å²) < 4.78 is 68.7. The van der Waals surface area contributed by atoms with E-state index < -0.39 is 41.8 Å². The highest BCUT2D eigenvalue weighted by molar-refractivity contribution is 5.94. The van der Waals surface area contributed by atoms with Crippen molar-refractivity contribution in [1.82, 2.24) is 15.1 Å². The van der Waals surface area contributed by atoms with Crippen LogP contribution in [0.5, 0.6) is 0 Å². The minimum Gasteiger partial charge on any atom is -0.396 e. The number of benzene rings is 2. The molecule has 4 rings (SSSR count). The number of rotatable bonds is 7. The number of aromatic nitrogens is 2. The first-order valence-corrected chi connectivity index (χ1v) is 10.8. The lowest BCUT2D eigenvalue weighted by molar-refractivity contribution is -0.138. The second-order valence-corrected chi connectivity index (χ2v) is 8.25. The van der Waals surface area contributed by atoms with E-state index in [2.05, 4.69) is 10.4 Å². The summed E-state index contributed by atoms with van der Waals surface area (Å²) in [5, 5.41) is 16.6. The number of alkyl halides is 3. The number of aliphatic hydroxyl groups is 1. The highest BCUT2D eigenvalue weighted by Crippen LogP contribution is 2.33. The van der Waals surface area contributed by atoms with Gasteiger partial charge in [0.1, 0.15) is 11.5 Å². The Bertz CT molecular complexity index is 1210. The number of fused-ring (bicyclic) bond motifs is 1. The van der Waals surface area contributed by atoms with Crippen LogP contribution in [-0.4, -0.2) is 33.9 Å². The number of carbonyl (C=O) groups excluding carboxylic acids is 1. The van der Waals surface area contributed by atoms with Gasteiger partial charge in [-0.1, -0.05) is 18.2 Å². The molecule has 2 aromatic carbocycles. The molecule has 1 aromatic heterocycles. The van der Waals surface area contributed by atoms with E-state index in [-0.39, 0.29) is 29.9 Å². The first kappa shape index (κ1) is 23.9. The molecule has 1 aliphatic carbocycles. The van der Waals surface area contributed by atoms with Gasteiger partial charge in [-0.15, -0.1) is 0 Å². The van der Waals surface area contributed by atoms with Gasteiger partial charge in [-0.05, 0) is 49.4 Å². The zero-order valence-corrected chi connectivity index (χ0v) is 18.0. The lowest BCUT2D eigenvalue weighted by atomic mass is 9.95. The molecular weight excluding hydrogens is 457 g/mol. The second kappa shape index (κ2) is 9.54. The minimum atomic E-state index is -4.52. The third kappa shape index (κ3) is 4.82. The quantitative estimate of drug-likeness (QED) is 0.499. The van der Waals surface area contributed by atoms with Gasteiger partial charge in [0, 0.05) is 36.4 Å². The summed E-state index contributed by atoms with van der Waals surface area (Å²) in [5.41, 5.74) is 0.676. The summed E-state index contributed by atoms with van der Waals surface area (Å²) in [7, 11) is 0. The Hall–Kier alpha value is -3.27. The number of amides is 1. The number of nitrogens with one attached hydrogen (secondary N) is 1. The van der Waals surface area contributed by atoms with Gasteiger partial charge in [-0.2, -0.15) is 18.3 Å². The summed E-state index contributed by atoms with van der Waals surface area (Å²) in [5.74, 6) is -2.77. The Balaban J connectivity index is 1.51. The first-order valence-electron chi connectivity index (χ1n) is 10.8. The van der Waals surface area contributed by atoms with Crippen LogP contribution < -0.4 is 5.32 Å². The van der Waals surface area contributed by atoms with Crippen LogP contribution in [0.25, 0.3) is 5.69 Å². The molecule has 0 aliphatic heterocycles. The predicted molar refractivity (Wildman–Crippen MR) is 114 cm³/mol. The van der Waals surface area contributed by atoms with Crippen molar-refractivity contribution in [1.29, 1.82) is 0 Å². The number of hydrogen-bond acceptors (Lipinski definition) is 3. The highest BCUT2D eigenvalue weighted by atomic mass is 19.4. The van der Waals surface area contributed by atoms with Crippen LogP contribution >= 0.6 is 0 Å². The van der Waals surface area contributed by atoms with E-state index in [0.29, 0.717) is 24.1 Å². The molecule has 0 saturated carbocycles. The van der Waals surface area contributed by atoms with Crippen LogP contribution in [0, 0.1) is 17.6 Å². The predicted octanol–water partition coefficient (Wildman–Crippen LogP) is 4.24. The molecule has 10 heteroatoms. The van der Waals surface area contributed by atoms with Crippen LogP contribution in [0.3, 0.4) is 0 Å². The molecule has 1 unspecified atom stereocenters. The molecular formula is C24H22F5N3O2. The largest absolute Gasteiger partial charge is 0.416 e. The molecule has 34 heavy (non-hydrogen) atoms. The van der Waals surface area contributed by atoms with Crippen LogP contribution in [-0.2, 0) is 25.4 Å². The molecule has 3 aromatic rings. The monoisotopic (exact) mass is 479 g/mol. The average Bonchev–Trinajstić information content (AvgIpc) is 3.39. The number of carbonyl (C=O) groups is 1. The van der Waals surface area contributed by atoms with E-state index in [1.807, 2.05) is 0 Å². The maximum Gasteiger partial charge on any atom is 0.416 e. The number of hydrogen-bond donors (Lipinski definition) is 2. The van der Waals surface area contributed by atoms with Gasteiger partial charge < -0.3 is 10.4 Å². The summed E-state index contributed by atoms with van der Waals surface area (Å²) in [6.45, 7) is -0.506. The van der Waals surface area contributed by atoms with Crippen molar-refractivity contribution >= 4 is 5.91 Å². The standard InChI is InChI=1S/C24H22F5N3O2/c25-16-8-9-21(19(26)11-16)32-20-7-3-5-17(20)22(31-32)23(34)30-12-14(13-33)10-15-4-1-2-6-18(15)24(27,28)29/h1-2,4,6,8-9,11,14,33H,3,5,7,10,12-13H2,(H,30,34). The Labute approximate surface area is 192 Å². The highest BCUT2D eigenvalue weighted by Gasteiger charge is 2.33. The van der Waals surface area contributed by atoms with Crippen LogP contribution in [0.1, 0.15) is 39.3 Å². The van der Waals surface area contributed by atoms with E-state index in [0.717, 1.165) is 24.6 Å². The van der Waals surface area contributed by atoms with Gasteiger partial charge >= 0.3 is 6.18 Å². The minimum absolute atomic E-state index is 0.0237. The van der Waals surface area contributed by atoms with Crippen LogP contribution in [0.2, 0.25) is 0 Å². The van der Waals surface area contributed by atoms with E-state index in [4.69, 9.17) is 0 Å². The summed E-state index contributed by atoms with van der Waals surface area (Å²) in [4.78, 5) is 12.9. The molecule has 0 radical (unpaired) electrons. The number of aliphatic hydroxyl groups excluding tert-OH is 1. The van der Waals surface area contributed by atoms with E-state index in [9.17, 15) is 31.9 Å². The normalized spacial score (nSPS) is 14.2. The Kier molecular flexibility index (Phi) is 6.70. The Morgan fingerprint density at radius 1 is 1.15 bits per heavy atom. The van der Waals surface area contributed by atoms with Gasteiger partial charge in [0.15, 0.2) is 11.5 Å². The molecule has 0 bridgehead atoms. The van der Waals surface area contributed by atoms with Gasteiger partial charge in [0.25, 0.3) is 5.91 Å². The third-order valence-electron chi connectivity index (χ3n) is 5.92. The zero-order chi connectivity index (χ0) is 24.5. The Morgan fingerprint density at radius 3 is 2.62 bits per heavy atom. The van der Waals surface area contributed by atoms with Crippen LogP contribution in [0.15, 0.2) is 42.5 Å². The van der Waals surface area contributed by atoms with E-state index >= 15 is 0 Å². The second-order valence-electron chi connectivity index (χ2n) is 8.25. The molecule has 1 aliphatic rings. The first-order chi connectivity index (χ1) is 16.2. The van der Waals surface area contributed by atoms with Gasteiger partial charge in [0.2, 0.25) is 0 Å². The lowest BCUT2D eigenvalue weighted by Gasteiger charge is -2.18. The summed E-state index contributed by atoms with van der Waals surface area (Å²) in [6, 6.07) is 8.20. The topological polar surface area (TPSA) is 67.2 Å². The zero-order valence-electron chi connectivity index (χ0n) is 18.0. The molecule has 180 valence electrons. The van der Waals surface area contributed by atoms with Crippen molar-refractivity contribution in [2.24, 2.45) is 5.92 Å². The van der Waals surface area contributed by atoms with Gasteiger partial charge in [0.05, 0.1) is 5.56 Å².